The number of nitro groups is 1. The van der Waals surface area contributed by atoms with Crippen LogP contribution in [0.3, 0.4) is 0 Å². The Balaban J connectivity index is 0.000000248. The average Bonchev–Trinajstić information content (AvgIpc) is 2.75. The smallest absolute Gasteiger partial charge is 0.272 e. The molecule has 1 aromatic heterocycles. The molecule has 0 amide bonds. The molecule has 2 heterocycles. The summed E-state index contributed by atoms with van der Waals surface area (Å²) in [6.45, 7) is 3.79. The van der Waals surface area contributed by atoms with Crippen LogP contribution in [0.15, 0.2) is 51.3 Å². The monoisotopic (exact) mass is 430 g/mol. The number of nitrogens with zero attached hydrogens (tertiary/aromatic N) is 3. The third-order valence-corrected chi connectivity index (χ3v) is 5.89. The van der Waals surface area contributed by atoms with Gasteiger partial charge in [0.25, 0.3) is 5.69 Å². The summed E-state index contributed by atoms with van der Waals surface area (Å²) in [6, 6.07) is 5.73. The molecule has 0 saturated heterocycles. The number of allylic oxidation sites excluding steroid dienone is 1. The van der Waals surface area contributed by atoms with Gasteiger partial charge in [-0.3, -0.25) is 20.1 Å². The van der Waals surface area contributed by atoms with Crippen molar-refractivity contribution in [2.24, 2.45) is 4.99 Å². The van der Waals surface area contributed by atoms with E-state index < -0.39 is 10.7 Å². The van der Waals surface area contributed by atoms with Crippen LogP contribution in [0.25, 0.3) is 0 Å². The molecule has 2 aromatic rings. The van der Waals surface area contributed by atoms with Crippen LogP contribution < -0.4 is 5.32 Å². The number of thioether (sulfide) groups is 1. The first kappa shape index (κ1) is 23.5. The van der Waals surface area contributed by atoms with Crippen molar-refractivity contribution in [1.29, 1.82) is 0 Å². The highest BCUT2D eigenvalue weighted by atomic mass is 32.2. The normalized spacial score (nSPS) is 13.0. The van der Waals surface area contributed by atoms with E-state index in [9.17, 15) is 14.5 Å². The molecule has 1 aliphatic heterocycles. The molecule has 1 aliphatic rings. The Hall–Kier alpha value is -2.74. The first-order valence-electron chi connectivity index (χ1n) is 9.81. The number of pyridine rings is 1. The summed E-state index contributed by atoms with van der Waals surface area (Å²) in [7, 11) is 3.74. The number of halogens is 1. The van der Waals surface area contributed by atoms with Gasteiger partial charge in [-0.1, -0.05) is 31.2 Å². The Morgan fingerprint density at radius 3 is 2.77 bits per heavy atom. The van der Waals surface area contributed by atoms with Crippen molar-refractivity contribution in [3.05, 3.63) is 74.2 Å². The fraction of sp³-hybridized carbons (Fsp3) is 0.364. The zero-order chi connectivity index (χ0) is 22.1. The van der Waals surface area contributed by atoms with E-state index in [0.29, 0.717) is 5.56 Å². The largest absolute Gasteiger partial charge is 0.373 e. The number of unbranched alkanes of at least 4 members (excludes halogenated alkanes) is 1. The minimum atomic E-state index is -0.622. The minimum absolute atomic E-state index is 0.215. The predicted molar refractivity (Wildman–Crippen MR) is 121 cm³/mol. The molecule has 30 heavy (non-hydrogen) atoms. The maximum atomic E-state index is 12.6. The highest BCUT2D eigenvalue weighted by Crippen LogP contribution is 2.37. The number of likely N-dealkylation sites (N-methyl/N-ethyl adjacent to an activating group) is 1. The molecule has 0 unspecified atom stereocenters. The van der Waals surface area contributed by atoms with Crippen LogP contribution in [0.4, 0.5) is 10.1 Å². The van der Waals surface area contributed by atoms with Crippen LogP contribution in [-0.2, 0) is 12.8 Å². The zero-order valence-corrected chi connectivity index (χ0v) is 18.6. The van der Waals surface area contributed by atoms with Gasteiger partial charge in [-0.15, -0.1) is 0 Å². The van der Waals surface area contributed by atoms with Gasteiger partial charge in [0.1, 0.15) is 11.7 Å². The van der Waals surface area contributed by atoms with Crippen LogP contribution >= 0.6 is 11.8 Å². The Morgan fingerprint density at radius 1 is 1.40 bits per heavy atom. The maximum Gasteiger partial charge on any atom is 0.272 e. The fourth-order valence-corrected chi connectivity index (χ4v) is 4.13. The van der Waals surface area contributed by atoms with Gasteiger partial charge < -0.3 is 5.32 Å². The number of non-ortho nitro benzene ring substituents is 1. The number of hydrogen-bond donors (Lipinski definition) is 1. The van der Waals surface area contributed by atoms with E-state index in [2.05, 4.69) is 34.4 Å². The van der Waals surface area contributed by atoms with E-state index in [0.717, 1.165) is 24.7 Å². The molecular formula is C22H27FN4O2S. The Bertz CT molecular complexity index is 960. The second kappa shape index (κ2) is 11.4. The van der Waals surface area contributed by atoms with Crippen molar-refractivity contribution in [3.63, 3.8) is 0 Å². The summed E-state index contributed by atoms with van der Waals surface area (Å²) < 4.78 is 12.6. The summed E-state index contributed by atoms with van der Waals surface area (Å²) in [6.07, 6.45) is 8.65. The van der Waals surface area contributed by atoms with Crippen LogP contribution in [0.5, 0.6) is 0 Å². The van der Waals surface area contributed by atoms with E-state index in [1.807, 2.05) is 20.3 Å². The lowest BCUT2D eigenvalue weighted by Gasteiger charge is -2.19. The number of nitrogens with one attached hydrogen (secondary N) is 1. The third-order valence-electron chi connectivity index (χ3n) is 4.61. The number of aryl methyl sites for hydroxylation is 2. The lowest BCUT2D eigenvalue weighted by molar-refractivity contribution is -0.385. The van der Waals surface area contributed by atoms with Crippen molar-refractivity contribution >= 4 is 23.3 Å². The molecule has 0 fully saturated rings. The van der Waals surface area contributed by atoms with Crippen molar-refractivity contribution in [3.8, 4) is 0 Å². The molecule has 1 aromatic carbocycles. The zero-order valence-electron chi connectivity index (χ0n) is 17.7. The van der Waals surface area contributed by atoms with Gasteiger partial charge in [0.2, 0.25) is 0 Å². The molecule has 8 heteroatoms. The van der Waals surface area contributed by atoms with E-state index in [1.165, 1.54) is 46.0 Å². The number of nitro benzene ring substituents is 1. The lowest BCUT2D eigenvalue weighted by atomic mass is 10.1. The van der Waals surface area contributed by atoms with Gasteiger partial charge >= 0.3 is 0 Å². The predicted octanol–water partition coefficient (Wildman–Crippen LogP) is 5.25. The number of benzene rings is 1. The number of amidine groups is 1. The molecule has 0 spiro atoms. The molecule has 0 radical (unpaired) electrons. The molecule has 0 atom stereocenters. The Labute approximate surface area is 180 Å². The van der Waals surface area contributed by atoms with Gasteiger partial charge in [-0.05, 0) is 43.0 Å². The quantitative estimate of drug-likeness (QED) is 0.303. The number of aliphatic imine (C=N–C) groups is 1. The lowest BCUT2D eigenvalue weighted by Crippen LogP contribution is -2.20. The number of aromatic nitrogens is 1. The second-order valence-corrected chi connectivity index (χ2v) is 7.79. The molecule has 0 bridgehead atoms. The Morgan fingerprint density at radius 2 is 2.17 bits per heavy atom. The van der Waals surface area contributed by atoms with Gasteiger partial charge in [-0.2, -0.15) is 0 Å². The van der Waals surface area contributed by atoms with E-state index >= 15 is 0 Å². The molecule has 6 nitrogen and oxygen atoms in total. The van der Waals surface area contributed by atoms with Crippen LogP contribution in [0.1, 0.15) is 36.6 Å². The highest BCUT2D eigenvalue weighted by molar-refractivity contribution is 8.04. The standard InChI is InChI=1S/C15H21N3S.C7H6FNO2/c1-4-5-6-11-9-10-18-12-7-8-13(19-14(11)12)15(16-2)17-3;1-5-2-3-6(9(10)11)4-7(5)8/h8-10H,4-7H2,1-3H3,(H,16,17);2-4H,1H3. The maximum absolute atomic E-state index is 12.6. The van der Waals surface area contributed by atoms with Crippen molar-refractivity contribution in [2.75, 3.05) is 14.1 Å². The molecule has 160 valence electrons. The van der Waals surface area contributed by atoms with E-state index in [1.54, 1.807) is 18.7 Å². The molecule has 0 saturated carbocycles. The summed E-state index contributed by atoms with van der Waals surface area (Å²) in [5, 5.41) is 13.3. The topological polar surface area (TPSA) is 80.4 Å². The van der Waals surface area contributed by atoms with Crippen LogP contribution in [-0.4, -0.2) is 29.8 Å². The van der Waals surface area contributed by atoms with Gasteiger partial charge in [0, 0.05) is 37.7 Å². The number of rotatable bonds is 5. The third kappa shape index (κ3) is 6.13. The average molecular weight is 431 g/mol. The first-order chi connectivity index (χ1) is 14.4. The van der Waals surface area contributed by atoms with E-state index in [-0.39, 0.29) is 5.69 Å². The van der Waals surface area contributed by atoms with Gasteiger partial charge in [0.05, 0.1) is 21.6 Å². The van der Waals surface area contributed by atoms with Gasteiger partial charge in [-0.25, -0.2) is 4.39 Å². The molecule has 3 rings (SSSR count). The Kier molecular flexibility index (Phi) is 8.98. The highest BCUT2D eigenvalue weighted by Gasteiger charge is 2.18. The fourth-order valence-electron chi connectivity index (χ4n) is 2.90. The SMILES string of the molecule is CCCCc1ccnc2c1SC(C(=NC)NC)=CC2.Cc1ccc([N+](=O)[O-])cc1F. The summed E-state index contributed by atoms with van der Waals surface area (Å²) in [4.78, 5) is 20.8. The first-order valence-corrected chi connectivity index (χ1v) is 10.6. The summed E-state index contributed by atoms with van der Waals surface area (Å²) in [5.41, 5.74) is 2.83. The molecule has 0 aliphatic carbocycles. The van der Waals surface area contributed by atoms with Crippen molar-refractivity contribution in [1.82, 2.24) is 10.3 Å². The van der Waals surface area contributed by atoms with E-state index in [4.69, 9.17) is 0 Å². The van der Waals surface area contributed by atoms with Crippen molar-refractivity contribution < 1.29 is 9.31 Å². The van der Waals surface area contributed by atoms with Crippen LogP contribution in [0.2, 0.25) is 0 Å². The minimum Gasteiger partial charge on any atom is -0.373 e. The van der Waals surface area contributed by atoms with Crippen LogP contribution in [0, 0.1) is 22.9 Å². The summed E-state index contributed by atoms with van der Waals surface area (Å²) in [5.74, 6) is 0.417. The molecule has 1 N–H and O–H groups in total. The summed E-state index contributed by atoms with van der Waals surface area (Å²) >= 11 is 1.80. The van der Waals surface area contributed by atoms with Crippen molar-refractivity contribution in [2.45, 2.75) is 44.4 Å². The second-order valence-electron chi connectivity index (χ2n) is 6.74. The van der Waals surface area contributed by atoms with Gasteiger partial charge in [0.15, 0.2) is 0 Å². The molecular weight excluding hydrogens is 403 g/mol. The number of fused-ring (bicyclic) bond motifs is 1. The number of hydrogen-bond acceptors (Lipinski definition) is 5.